The van der Waals surface area contributed by atoms with Crippen molar-refractivity contribution in [1.82, 2.24) is 14.6 Å². The van der Waals surface area contributed by atoms with E-state index in [2.05, 4.69) is 10.3 Å². The monoisotopic (exact) mass is 443 g/mol. The lowest BCUT2D eigenvalue weighted by molar-refractivity contribution is -0.126. The molecule has 0 bridgehead atoms. The second kappa shape index (κ2) is 8.45. The van der Waals surface area contributed by atoms with Crippen molar-refractivity contribution in [2.75, 3.05) is 13.1 Å². The van der Waals surface area contributed by atoms with Gasteiger partial charge in [0.15, 0.2) is 0 Å². The Morgan fingerprint density at radius 2 is 1.87 bits per heavy atom. The summed E-state index contributed by atoms with van der Waals surface area (Å²) in [5, 5.41) is 7.86. The third-order valence-electron chi connectivity index (χ3n) is 5.62. The summed E-state index contributed by atoms with van der Waals surface area (Å²) >= 11 is 1.56. The quantitative estimate of drug-likeness (QED) is 0.649. The largest absolute Gasteiger partial charge is 0.348 e. The number of amides is 1. The van der Waals surface area contributed by atoms with Crippen LogP contribution in [-0.4, -0.2) is 36.7 Å². The molecule has 1 fully saturated rings. The highest BCUT2D eigenvalue weighted by molar-refractivity contribution is 7.89. The molecular weight excluding hydrogens is 418 g/mol. The van der Waals surface area contributed by atoms with Crippen molar-refractivity contribution in [2.24, 2.45) is 5.92 Å². The van der Waals surface area contributed by atoms with Crippen LogP contribution in [0, 0.1) is 12.8 Å². The summed E-state index contributed by atoms with van der Waals surface area (Å²) in [6.07, 6.45) is 1.03. The van der Waals surface area contributed by atoms with Crippen LogP contribution < -0.4 is 5.32 Å². The minimum absolute atomic E-state index is 0.0316. The summed E-state index contributed by atoms with van der Waals surface area (Å²) in [6, 6.07) is 12.8. The molecular formula is C22H25N3O3S2. The second-order valence-electron chi connectivity index (χ2n) is 7.71. The van der Waals surface area contributed by atoms with Gasteiger partial charge in [-0.15, -0.1) is 11.3 Å². The molecule has 1 saturated heterocycles. The van der Waals surface area contributed by atoms with Gasteiger partial charge in [-0.3, -0.25) is 4.79 Å². The van der Waals surface area contributed by atoms with Crippen LogP contribution in [0.1, 0.15) is 36.5 Å². The van der Waals surface area contributed by atoms with Crippen molar-refractivity contribution in [1.29, 1.82) is 0 Å². The highest BCUT2D eigenvalue weighted by Gasteiger charge is 2.32. The number of aromatic nitrogens is 1. The molecule has 30 heavy (non-hydrogen) atoms. The highest BCUT2D eigenvalue weighted by Crippen LogP contribution is 2.27. The average molecular weight is 444 g/mol. The SMILES string of the molecule is Cc1nc(C(C)NC(=O)C2CCN(S(=O)(=O)c3ccc4ccccc4c3)CC2)cs1. The van der Waals surface area contributed by atoms with E-state index < -0.39 is 10.0 Å². The number of benzene rings is 2. The van der Waals surface area contributed by atoms with E-state index in [1.165, 1.54) is 4.31 Å². The zero-order valence-corrected chi connectivity index (χ0v) is 18.7. The number of aryl methyl sites for hydroxylation is 1. The van der Waals surface area contributed by atoms with Crippen molar-refractivity contribution in [2.45, 2.75) is 37.6 Å². The Balaban J connectivity index is 1.39. The molecule has 1 N–H and O–H groups in total. The summed E-state index contributed by atoms with van der Waals surface area (Å²) in [6.45, 7) is 4.55. The summed E-state index contributed by atoms with van der Waals surface area (Å²) in [5.41, 5.74) is 0.863. The molecule has 158 valence electrons. The van der Waals surface area contributed by atoms with Gasteiger partial charge in [0.25, 0.3) is 0 Å². The number of hydrogen-bond donors (Lipinski definition) is 1. The minimum atomic E-state index is -3.57. The number of carbonyl (C=O) groups is 1. The Kier molecular flexibility index (Phi) is 5.90. The van der Waals surface area contributed by atoms with Gasteiger partial charge in [-0.05, 0) is 49.6 Å². The molecule has 6 nitrogen and oxygen atoms in total. The Hall–Kier alpha value is -2.29. The third kappa shape index (κ3) is 4.26. The van der Waals surface area contributed by atoms with Crippen molar-refractivity contribution in [3.05, 3.63) is 58.5 Å². The molecule has 1 atom stereocenters. The van der Waals surface area contributed by atoms with Gasteiger partial charge in [0.1, 0.15) is 0 Å². The van der Waals surface area contributed by atoms with Crippen LogP contribution in [0.4, 0.5) is 0 Å². The van der Waals surface area contributed by atoms with Gasteiger partial charge in [-0.2, -0.15) is 4.31 Å². The molecule has 4 rings (SSSR count). The number of piperidine rings is 1. The lowest BCUT2D eigenvalue weighted by atomic mass is 9.97. The summed E-state index contributed by atoms with van der Waals surface area (Å²) in [7, 11) is -3.57. The van der Waals surface area contributed by atoms with Gasteiger partial charge in [0, 0.05) is 24.4 Å². The zero-order chi connectivity index (χ0) is 21.3. The zero-order valence-electron chi connectivity index (χ0n) is 17.0. The molecule has 0 spiro atoms. The lowest BCUT2D eigenvalue weighted by Gasteiger charge is -2.31. The van der Waals surface area contributed by atoms with E-state index in [-0.39, 0.29) is 17.9 Å². The van der Waals surface area contributed by atoms with Gasteiger partial charge < -0.3 is 5.32 Å². The maximum absolute atomic E-state index is 13.1. The Morgan fingerprint density at radius 1 is 1.17 bits per heavy atom. The highest BCUT2D eigenvalue weighted by atomic mass is 32.2. The predicted molar refractivity (Wildman–Crippen MR) is 119 cm³/mol. The first kappa shape index (κ1) is 21.0. The minimum Gasteiger partial charge on any atom is -0.348 e. The Morgan fingerprint density at radius 3 is 2.53 bits per heavy atom. The number of hydrogen-bond acceptors (Lipinski definition) is 5. The van der Waals surface area contributed by atoms with Crippen LogP contribution >= 0.6 is 11.3 Å². The first-order chi connectivity index (χ1) is 14.3. The molecule has 1 amide bonds. The maximum atomic E-state index is 13.1. The molecule has 2 heterocycles. The smallest absolute Gasteiger partial charge is 0.243 e. The molecule has 1 unspecified atom stereocenters. The molecule has 0 aliphatic carbocycles. The second-order valence-corrected chi connectivity index (χ2v) is 10.7. The van der Waals surface area contributed by atoms with Crippen molar-refractivity contribution < 1.29 is 13.2 Å². The Bertz CT molecular complexity index is 1170. The van der Waals surface area contributed by atoms with Crippen molar-refractivity contribution in [3.63, 3.8) is 0 Å². The molecule has 1 aliphatic heterocycles. The van der Waals surface area contributed by atoms with Crippen LogP contribution in [-0.2, 0) is 14.8 Å². The predicted octanol–water partition coefficient (Wildman–Crippen LogP) is 3.88. The molecule has 1 aliphatic rings. The van der Waals surface area contributed by atoms with E-state index in [1.54, 1.807) is 23.5 Å². The number of fused-ring (bicyclic) bond motifs is 1. The van der Waals surface area contributed by atoms with E-state index in [0.717, 1.165) is 21.5 Å². The van der Waals surface area contributed by atoms with Crippen LogP contribution in [0.15, 0.2) is 52.7 Å². The summed E-state index contributed by atoms with van der Waals surface area (Å²) in [5.74, 6) is -0.217. The molecule has 1 aromatic heterocycles. The number of carbonyl (C=O) groups excluding carboxylic acids is 1. The number of nitrogens with one attached hydrogen (secondary N) is 1. The third-order valence-corrected chi connectivity index (χ3v) is 8.31. The fourth-order valence-corrected chi connectivity index (χ4v) is 6.03. The van der Waals surface area contributed by atoms with Gasteiger partial charge in [0.2, 0.25) is 15.9 Å². The Labute approximate surface area is 181 Å². The van der Waals surface area contributed by atoms with Gasteiger partial charge in [-0.1, -0.05) is 30.3 Å². The van der Waals surface area contributed by atoms with E-state index in [9.17, 15) is 13.2 Å². The molecule has 0 radical (unpaired) electrons. The summed E-state index contributed by atoms with van der Waals surface area (Å²) in [4.78, 5) is 17.4. The molecule has 2 aromatic carbocycles. The molecule has 3 aromatic rings. The first-order valence-corrected chi connectivity index (χ1v) is 12.4. The topological polar surface area (TPSA) is 79.4 Å². The normalized spacial score (nSPS) is 17.1. The fourth-order valence-electron chi connectivity index (χ4n) is 3.82. The lowest BCUT2D eigenvalue weighted by Crippen LogP contribution is -2.43. The van der Waals surface area contributed by atoms with E-state index in [4.69, 9.17) is 0 Å². The molecule has 0 saturated carbocycles. The van der Waals surface area contributed by atoms with Crippen LogP contribution in [0.5, 0.6) is 0 Å². The van der Waals surface area contributed by atoms with Crippen LogP contribution in [0.25, 0.3) is 10.8 Å². The standard InChI is InChI=1S/C22H25N3O3S2/c1-15(21-14-29-16(2)24-21)23-22(26)18-9-11-25(12-10-18)30(27,28)20-8-7-17-5-3-4-6-19(17)13-20/h3-8,13-15,18H,9-12H2,1-2H3,(H,23,26). The van der Waals surface area contributed by atoms with Crippen LogP contribution in [0.2, 0.25) is 0 Å². The van der Waals surface area contributed by atoms with Crippen molar-refractivity contribution >= 4 is 38.0 Å². The van der Waals surface area contributed by atoms with Crippen molar-refractivity contribution in [3.8, 4) is 0 Å². The average Bonchev–Trinajstić information content (AvgIpc) is 3.20. The molecule has 8 heteroatoms. The number of thiazole rings is 1. The van der Waals surface area contributed by atoms with Gasteiger partial charge >= 0.3 is 0 Å². The van der Waals surface area contributed by atoms with Crippen LogP contribution in [0.3, 0.4) is 0 Å². The maximum Gasteiger partial charge on any atom is 0.243 e. The first-order valence-electron chi connectivity index (χ1n) is 10.1. The van der Waals surface area contributed by atoms with Gasteiger partial charge in [0.05, 0.1) is 21.6 Å². The van der Waals surface area contributed by atoms with Gasteiger partial charge in [-0.25, -0.2) is 13.4 Å². The number of nitrogens with zero attached hydrogens (tertiary/aromatic N) is 2. The van der Waals surface area contributed by atoms with E-state index in [0.29, 0.717) is 30.8 Å². The summed E-state index contributed by atoms with van der Waals surface area (Å²) < 4.78 is 27.7. The van der Waals surface area contributed by atoms with E-state index in [1.807, 2.05) is 49.6 Å². The van der Waals surface area contributed by atoms with E-state index >= 15 is 0 Å². The fraction of sp³-hybridized carbons (Fsp3) is 0.364. The number of rotatable bonds is 5. The number of sulfonamides is 1.